The number of unbranched alkanes of at least 4 members (excludes halogenated alkanes) is 2. The zero-order valence-corrected chi connectivity index (χ0v) is 11.8. The Morgan fingerprint density at radius 2 is 2.26 bits per heavy atom. The molecule has 0 spiro atoms. The van der Waals surface area contributed by atoms with Crippen LogP contribution in [0.3, 0.4) is 0 Å². The molecule has 0 atom stereocenters. The van der Waals surface area contributed by atoms with Gasteiger partial charge in [0.15, 0.2) is 10.6 Å². The van der Waals surface area contributed by atoms with E-state index in [1.54, 1.807) is 19.5 Å². The molecule has 2 heterocycles. The molecule has 2 aromatic rings. The van der Waals surface area contributed by atoms with Gasteiger partial charge < -0.3 is 9.30 Å². The molecule has 0 fully saturated rings. The molecular weight excluding hydrogens is 260 g/mol. The summed E-state index contributed by atoms with van der Waals surface area (Å²) in [4.78, 5) is 4.11. The Morgan fingerprint density at radius 3 is 3.00 bits per heavy atom. The Morgan fingerprint density at radius 1 is 1.37 bits per heavy atom. The third-order valence-corrected chi connectivity index (χ3v) is 3.22. The number of rotatable bonds is 7. The number of aromatic nitrogens is 4. The second kappa shape index (κ2) is 7.16. The molecule has 0 bridgehead atoms. The van der Waals surface area contributed by atoms with Gasteiger partial charge in [0.2, 0.25) is 0 Å². The highest BCUT2D eigenvalue weighted by Crippen LogP contribution is 2.16. The smallest absolute Gasteiger partial charge is 0.195 e. The molecule has 1 N–H and O–H groups in total. The lowest BCUT2D eigenvalue weighted by Crippen LogP contribution is -2.02. The van der Waals surface area contributed by atoms with Crippen molar-refractivity contribution in [2.24, 2.45) is 0 Å². The fourth-order valence-electron chi connectivity index (χ4n) is 1.93. The van der Waals surface area contributed by atoms with Gasteiger partial charge in [-0.15, -0.1) is 0 Å². The molecule has 5 nitrogen and oxygen atoms in total. The molecule has 6 heteroatoms. The lowest BCUT2D eigenvalue weighted by atomic mass is 10.2. The van der Waals surface area contributed by atoms with Crippen LogP contribution in [0.2, 0.25) is 0 Å². The predicted molar refractivity (Wildman–Crippen MR) is 76.4 cm³/mol. The quantitative estimate of drug-likeness (QED) is 0.625. The molecule has 19 heavy (non-hydrogen) atoms. The molecule has 0 aliphatic heterocycles. The summed E-state index contributed by atoms with van der Waals surface area (Å²) in [7, 11) is 1.73. The molecule has 102 valence electrons. The van der Waals surface area contributed by atoms with Gasteiger partial charge in [-0.05, 0) is 43.6 Å². The van der Waals surface area contributed by atoms with E-state index in [0.717, 1.165) is 43.8 Å². The highest BCUT2D eigenvalue weighted by atomic mass is 32.1. The van der Waals surface area contributed by atoms with Crippen LogP contribution >= 0.6 is 12.2 Å². The minimum Gasteiger partial charge on any atom is -0.385 e. The maximum Gasteiger partial charge on any atom is 0.195 e. The Kier molecular flexibility index (Phi) is 5.23. The number of hydrogen-bond acceptors (Lipinski definition) is 4. The largest absolute Gasteiger partial charge is 0.385 e. The van der Waals surface area contributed by atoms with Crippen molar-refractivity contribution in [1.82, 2.24) is 19.7 Å². The Labute approximate surface area is 117 Å². The first-order chi connectivity index (χ1) is 9.33. The molecular formula is C13H18N4OS. The van der Waals surface area contributed by atoms with Gasteiger partial charge in [-0.3, -0.25) is 10.1 Å². The number of H-pyrrole nitrogens is 1. The van der Waals surface area contributed by atoms with Crippen molar-refractivity contribution in [2.75, 3.05) is 13.7 Å². The average molecular weight is 278 g/mol. The van der Waals surface area contributed by atoms with Gasteiger partial charge in [0, 0.05) is 38.2 Å². The molecule has 0 aromatic carbocycles. The van der Waals surface area contributed by atoms with Gasteiger partial charge in [-0.25, -0.2) is 0 Å². The monoisotopic (exact) mass is 278 g/mol. The molecule has 0 aliphatic rings. The number of methoxy groups -OCH3 is 1. The number of pyridine rings is 1. The van der Waals surface area contributed by atoms with Crippen LogP contribution in [0.15, 0.2) is 24.5 Å². The molecule has 0 radical (unpaired) electrons. The van der Waals surface area contributed by atoms with E-state index in [1.807, 2.05) is 16.7 Å². The van der Waals surface area contributed by atoms with Crippen molar-refractivity contribution in [2.45, 2.75) is 25.8 Å². The van der Waals surface area contributed by atoms with E-state index in [9.17, 15) is 0 Å². The van der Waals surface area contributed by atoms with Crippen LogP contribution in [-0.2, 0) is 11.3 Å². The van der Waals surface area contributed by atoms with Crippen LogP contribution in [-0.4, -0.2) is 33.5 Å². The number of hydrogen-bond donors (Lipinski definition) is 1. The Hall–Kier alpha value is -1.53. The van der Waals surface area contributed by atoms with Crippen molar-refractivity contribution in [3.63, 3.8) is 0 Å². The van der Waals surface area contributed by atoms with E-state index >= 15 is 0 Å². The lowest BCUT2D eigenvalue weighted by molar-refractivity contribution is 0.191. The topological polar surface area (TPSA) is 55.7 Å². The van der Waals surface area contributed by atoms with E-state index in [2.05, 4.69) is 15.2 Å². The summed E-state index contributed by atoms with van der Waals surface area (Å²) in [6.45, 7) is 1.68. The fraction of sp³-hybridized carbons (Fsp3) is 0.462. The molecule has 2 rings (SSSR count). The maximum atomic E-state index is 5.27. The minimum atomic E-state index is 0.658. The van der Waals surface area contributed by atoms with Crippen molar-refractivity contribution < 1.29 is 4.74 Å². The van der Waals surface area contributed by atoms with Gasteiger partial charge in [0.05, 0.1) is 0 Å². The van der Waals surface area contributed by atoms with E-state index in [1.165, 1.54) is 0 Å². The summed E-state index contributed by atoms with van der Waals surface area (Å²) < 4.78 is 7.73. The summed E-state index contributed by atoms with van der Waals surface area (Å²) in [6.07, 6.45) is 6.80. The standard InChI is InChI=1S/C13H18N4OS/c1-18-9-4-2-3-8-17-12(15-16-13(17)19)11-6-5-7-14-10-11/h5-7,10H,2-4,8-9H2,1H3,(H,16,19). The molecule has 0 saturated heterocycles. The predicted octanol–water partition coefficient (Wildman–Crippen LogP) is 2.82. The lowest BCUT2D eigenvalue weighted by Gasteiger charge is -2.06. The first kappa shape index (κ1) is 13.9. The van der Waals surface area contributed by atoms with Crippen molar-refractivity contribution in [1.29, 1.82) is 0 Å². The van der Waals surface area contributed by atoms with Crippen molar-refractivity contribution in [3.05, 3.63) is 29.3 Å². The zero-order chi connectivity index (χ0) is 13.5. The van der Waals surface area contributed by atoms with Gasteiger partial charge in [-0.2, -0.15) is 5.10 Å². The van der Waals surface area contributed by atoms with E-state index < -0.39 is 0 Å². The van der Waals surface area contributed by atoms with E-state index in [0.29, 0.717) is 4.77 Å². The fourth-order valence-corrected chi connectivity index (χ4v) is 2.16. The van der Waals surface area contributed by atoms with Crippen LogP contribution in [0, 0.1) is 4.77 Å². The molecule has 0 amide bonds. The second-order valence-corrected chi connectivity index (χ2v) is 4.69. The summed E-state index contributed by atoms with van der Waals surface area (Å²) >= 11 is 5.27. The molecule has 0 saturated carbocycles. The van der Waals surface area contributed by atoms with Gasteiger partial charge in [-0.1, -0.05) is 0 Å². The van der Waals surface area contributed by atoms with E-state index in [-0.39, 0.29) is 0 Å². The first-order valence-corrected chi connectivity index (χ1v) is 6.78. The normalized spacial score (nSPS) is 10.8. The third-order valence-electron chi connectivity index (χ3n) is 2.91. The number of nitrogens with one attached hydrogen (secondary N) is 1. The van der Waals surface area contributed by atoms with Crippen LogP contribution in [0.4, 0.5) is 0 Å². The van der Waals surface area contributed by atoms with Crippen molar-refractivity contribution in [3.8, 4) is 11.4 Å². The molecule has 2 aromatic heterocycles. The number of aromatic amines is 1. The first-order valence-electron chi connectivity index (χ1n) is 6.37. The van der Waals surface area contributed by atoms with Crippen LogP contribution in [0.5, 0.6) is 0 Å². The Bertz CT molecular complexity index is 549. The van der Waals surface area contributed by atoms with Gasteiger partial charge in [0.25, 0.3) is 0 Å². The minimum absolute atomic E-state index is 0.658. The highest BCUT2D eigenvalue weighted by Gasteiger charge is 2.08. The molecule has 0 aliphatic carbocycles. The highest BCUT2D eigenvalue weighted by molar-refractivity contribution is 7.71. The van der Waals surface area contributed by atoms with Crippen LogP contribution < -0.4 is 0 Å². The maximum absolute atomic E-state index is 5.27. The zero-order valence-electron chi connectivity index (χ0n) is 11.0. The number of nitrogens with zero attached hydrogens (tertiary/aromatic N) is 3. The molecule has 0 unspecified atom stereocenters. The average Bonchev–Trinajstić information content (AvgIpc) is 2.81. The summed E-state index contributed by atoms with van der Waals surface area (Å²) in [6, 6.07) is 3.88. The SMILES string of the molecule is COCCCCCn1c(-c2cccnc2)n[nH]c1=S. The van der Waals surface area contributed by atoms with Gasteiger partial charge >= 0.3 is 0 Å². The van der Waals surface area contributed by atoms with E-state index in [4.69, 9.17) is 17.0 Å². The van der Waals surface area contributed by atoms with Crippen LogP contribution in [0.25, 0.3) is 11.4 Å². The number of ether oxygens (including phenoxy) is 1. The summed E-state index contributed by atoms with van der Waals surface area (Å²) in [5.74, 6) is 0.852. The summed E-state index contributed by atoms with van der Waals surface area (Å²) in [5.41, 5.74) is 0.978. The van der Waals surface area contributed by atoms with Crippen molar-refractivity contribution >= 4 is 12.2 Å². The van der Waals surface area contributed by atoms with Crippen LogP contribution in [0.1, 0.15) is 19.3 Å². The third kappa shape index (κ3) is 3.71. The Balaban J connectivity index is 2.04. The van der Waals surface area contributed by atoms with Gasteiger partial charge in [0.1, 0.15) is 0 Å². The second-order valence-electron chi connectivity index (χ2n) is 4.30. The summed E-state index contributed by atoms with van der Waals surface area (Å²) in [5, 5.41) is 7.13.